The van der Waals surface area contributed by atoms with E-state index in [1.54, 1.807) is 30.6 Å². The zero-order valence-electron chi connectivity index (χ0n) is 14.1. The molecule has 0 saturated carbocycles. The van der Waals surface area contributed by atoms with Crippen molar-refractivity contribution in [3.8, 4) is 0 Å². The molecule has 0 bridgehead atoms. The second kappa shape index (κ2) is 7.99. The number of likely N-dealkylation sites (N-methyl/N-ethyl adjacent to an activating group) is 1. The second-order valence-corrected chi connectivity index (χ2v) is 6.22. The number of carbonyl (C=O) groups excluding carboxylic acids is 1. The van der Waals surface area contributed by atoms with Gasteiger partial charge in [-0.1, -0.05) is 30.3 Å². The minimum atomic E-state index is -0.0162. The third-order valence-electron chi connectivity index (χ3n) is 4.41. The molecule has 0 unspecified atom stereocenters. The van der Waals surface area contributed by atoms with Crippen LogP contribution in [0.3, 0.4) is 0 Å². The molecule has 4 nitrogen and oxygen atoms in total. The van der Waals surface area contributed by atoms with Gasteiger partial charge in [0, 0.05) is 50.7 Å². The van der Waals surface area contributed by atoms with E-state index in [4.69, 9.17) is 0 Å². The van der Waals surface area contributed by atoms with Gasteiger partial charge in [-0.25, -0.2) is 0 Å². The molecule has 1 aromatic carbocycles. The molecule has 0 N–H and O–H groups in total. The Morgan fingerprint density at radius 1 is 1.12 bits per heavy atom. The molecule has 0 spiro atoms. The Bertz CT molecular complexity index is 704. The fourth-order valence-electron chi connectivity index (χ4n) is 2.86. The van der Waals surface area contributed by atoms with Crippen molar-refractivity contribution in [3.63, 3.8) is 0 Å². The molecule has 2 heterocycles. The summed E-state index contributed by atoms with van der Waals surface area (Å²) in [5.41, 5.74) is 2.98. The molecule has 1 aliphatic rings. The molecule has 0 radical (unpaired) electrons. The zero-order chi connectivity index (χ0) is 16.8. The van der Waals surface area contributed by atoms with Crippen molar-refractivity contribution >= 4 is 11.9 Å². The van der Waals surface area contributed by atoms with Crippen LogP contribution in [-0.2, 0) is 6.54 Å². The van der Waals surface area contributed by atoms with Crippen LogP contribution in [0.4, 0.5) is 0 Å². The van der Waals surface area contributed by atoms with Gasteiger partial charge in [0.15, 0.2) is 5.78 Å². The fourth-order valence-corrected chi connectivity index (χ4v) is 2.86. The quantitative estimate of drug-likeness (QED) is 0.627. The number of aromatic nitrogens is 1. The first kappa shape index (κ1) is 16.6. The summed E-state index contributed by atoms with van der Waals surface area (Å²) in [7, 11) is 2.16. The van der Waals surface area contributed by atoms with Crippen LogP contribution in [0.15, 0.2) is 54.9 Å². The number of benzene rings is 1. The number of ketones is 1. The van der Waals surface area contributed by atoms with Gasteiger partial charge in [-0.05, 0) is 36.4 Å². The molecule has 0 atom stereocenters. The van der Waals surface area contributed by atoms with E-state index in [9.17, 15) is 4.79 Å². The Hall–Kier alpha value is -2.30. The summed E-state index contributed by atoms with van der Waals surface area (Å²) >= 11 is 0. The van der Waals surface area contributed by atoms with E-state index < -0.39 is 0 Å². The van der Waals surface area contributed by atoms with Gasteiger partial charge in [-0.15, -0.1) is 0 Å². The Balaban J connectivity index is 1.70. The highest BCUT2D eigenvalue weighted by Crippen LogP contribution is 2.15. The van der Waals surface area contributed by atoms with E-state index >= 15 is 0 Å². The number of nitrogens with zero attached hydrogens (tertiary/aromatic N) is 3. The average molecular weight is 321 g/mol. The molecule has 3 rings (SSSR count). The summed E-state index contributed by atoms with van der Waals surface area (Å²) in [6.07, 6.45) is 6.83. The summed E-state index contributed by atoms with van der Waals surface area (Å²) in [6.45, 7) is 5.32. The van der Waals surface area contributed by atoms with Gasteiger partial charge in [0.2, 0.25) is 0 Å². The summed E-state index contributed by atoms with van der Waals surface area (Å²) in [6, 6.07) is 11.9. The van der Waals surface area contributed by atoms with Gasteiger partial charge in [-0.3, -0.25) is 14.7 Å². The second-order valence-electron chi connectivity index (χ2n) is 6.22. The van der Waals surface area contributed by atoms with Crippen LogP contribution in [0.1, 0.15) is 21.5 Å². The molecule has 1 aliphatic heterocycles. The third-order valence-corrected chi connectivity index (χ3v) is 4.41. The lowest BCUT2D eigenvalue weighted by atomic mass is 10.0. The normalized spacial score (nSPS) is 16.5. The molecule has 0 aliphatic carbocycles. The van der Waals surface area contributed by atoms with Crippen LogP contribution in [-0.4, -0.2) is 53.8 Å². The van der Waals surface area contributed by atoms with Crippen molar-refractivity contribution in [2.75, 3.05) is 33.2 Å². The van der Waals surface area contributed by atoms with E-state index in [1.165, 1.54) is 5.56 Å². The lowest BCUT2D eigenvalue weighted by Crippen LogP contribution is -2.43. The van der Waals surface area contributed by atoms with Gasteiger partial charge < -0.3 is 4.90 Å². The summed E-state index contributed by atoms with van der Waals surface area (Å²) in [4.78, 5) is 21.0. The van der Waals surface area contributed by atoms with Crippen LogP contribution in [0, 0.1) is 0 Å². The first-order chi connectivity index (χ1) is 11.7. The number of rotatable bonds is 5. The Morgan fingerprint density at radius 2 is 1.92 bits per heavy atom. The maximum Gasteiger partial charge on any atom is 0.187 e. The topological polar surface area (TPSA) is 36.4 Å². The number of hydrogen-bond donors (Lipinski definition) is 0. The van der Waals surface area contributed by atoms with Crippen molar-refractivity contribution in [1.29, 1.82) is 0 Å². The maximum absolute atomic E-state index is 12.2. The first-order valence-electron chi connectivity index (χ1n) is 8.33. The van der Waals surface area contributed by atoms with Crippen LogP contribution in [0.25, 0.3) is 6.08 Å². The summed E-state index contributed by atoms with van der Waals surface area (Å²) in [5.74, 6) is -0.0162. The van der Waals surface area contributed by atoms with Crippen LogP contribution >= 0.6 is 0 Å². The molecule has 1 fully saturated rings. The van der Waals surface area contributed by atoms with E-state index in [-0.39, 0.29) is 5.78 Å². The maximum atomic E-state index is 12.2. The third kappa shape index (κ3) is 4.37. The van der Waals surface area contributed by atoms with E-state index in [2.05, 4.69) is 40.0 Å². The van der Waals surface area contributed by atoms with E-state index in [0.717, 1.165) is 38.3 Å². The molecule has 124 valence electrons. The molecule has 0 amide bonds. The summed E-state index contributed by atoms with van der Waals surface area (Å²) in [5, 5.41) is 0. The minimum absolute atomic E-state index is 0.0162. The smallest absolute Gasteiger partial charge is 0.187 e. The van der Waals surface area contributed by atoms with Crippen molar-refractivity contribution < 1.29 is 4.79 Å². The molecular formula is C20H23N3O. The van der Waals surface area contributed by atoms with Crippen LogP contribution in [0.2, 0.25) is 0 Å². The number of carbonyl (C=O) groups is 1. The van der Waals surface area contributed by atoms with Crippen molar-refractivity contribution in [2.24, 2.45) is 0 Å². The van der Waals surface area contributed by atoms with Crippen LogP contribution in [0.5, 0.6) is 0 Å². The number of pyridine rings is 1. The molecular weight excluding hydrogens is 298 g/mol. The van der Waals surface area contributed by atoms with Crippen molar-refractivity contribution in [1.82, 2.24) is 14.8 Å². The monoisotopic (exact) mass is 321 g/mol. The van der Waals surface area contributed by atoms with Gasteiger partial charge in [0.05, 0.1) is 0 Å². The van der Waals surface area contributed by atoms with Gasteiger partial charge in [0.1, 0.15) is 0 Å². The van der Waals surface area contributed by atoms with Crippen molar-refractivity contribution in [2.45, 2.75) is 6.54 Å². The Morgan fingerprint density at radius 3 is 2.67 bits per heavy atom. The van der Waals surface area contributed by atoms with E-state index in [1.807, 2.05) is 12.1 Å². The number of hydrogen-bond acceptors (Lipinski definition) is 4. The number of piperazine rings is 1. The highest BCUT2D eigenvalue weighted by molar-refractivity contribution is 6.06. The first-order valence-corrected chi connectivity index (χ1v) is 8.33. The highest BCUT2D eigenvalue weighted by atomic mass is 16.1. The molecule has 1 saturated heterocycles. The molecule has 24 heavy (non-hydrogen) atoms. The Labute approximate surface area is 143 Å². The van der Waals surface area contributed by atoms with Crippen molar-refractivity contribution in [3.05, 3.63) is 71.6 Å². The average Bonchev–Trinajstić information content (AvgIpc) is 2.63. The molecule has 2 aromatic rings. The fraction of sp³-hybridized carbons (Fsp3) is 0.300. The largest absolute Gasteiger partial charge is 0.304 e. The molecule has 4 heteroatoms. The van der Waals surface area contributed by atoms with Crippen LogP contribution < -0.4 is 0 Å². The number of allylic oxidation sites excluding steroid dienone is 1. The van der Waals surface area contributed by atoms with E-state index in [0.29, 0.717) is 5.56 Å². The minimum Gasteiger partial charge on any atom is -0.304 e. The predicted octanol–water partition coefficient (Wildman–Crippen LogP) is 2.73. The Kier molecular flexibility index (Phi) is 5.51. The van der Waals surface area contributed by atoms with Gasteiger partial charge in [0.25, 0.3) is 0 Å². The predicted molar refractivity (Wildman–Crippen MR) is 96.8 cm³/mol. The van der Waals surface area contributed by atoms with Gasteiger partial charge in [-0.2, -0.15) is 0 Å². The standard InChI is InChI=1S/C20H23N3O/c1-22-11-13-23(14-12-22)16-19-6-3-2-5-17(19)8-9-20(24)18-7-4-10-21-15-18/h2-10,15H,11-14,16H2,1H3/b9-8+. The lowest BCUT2D eigenvalue weighted by Gasteiger charge is -2.32. The van der Waals surface area contributed by atoms with Gasteiger partial charge >= 0.3 is 0 Å². The SMILES string of the molecule is CN1CCN(Cc2ccccc2/C=C/C(=O)c2cccnc2)CC1. The highest BCUT2D eigenvalue weighted by Gasteiger charge is 2.14. The lowest BCUT2D eigenvalue weighted by molar-refractivity contribution is 0.104. The molecule has 1 aromatic heterocycles. The summed E-state index contributed by atoms with van der Waals surface area (Å²) < 4.78 is 0. The zero-order valence-corrected chi connectivity index (χ0v) is 14.1.